The van der Waals surface area contributed by atoms with E-state index in [1.54, 1.807) is 0 Å². The van der Waals surface area contributed by atoms with Crippen molar-refractivity contribution in [2.75, 3.05) is 0 Å². The summed E-state index contributed by atoms with van der Waals surface area (Å²) in [5.41, 5.74) is 0. The fourth-order valence-electron chi connectivity index (χ4n) is 2.05. The molecule has 108 valence electrons. The van der Waals surface area contributed by atoms with Gasteiger partial charge in [-0.25, -0.2) is 0 Å². The first kappa shape index (κ1) is 18.1. The number of aliphatic hydroxyl groups excluding tert-OH is 1. The molecule has 0 spiro atoms. The second kappa shape index (κ2) is 15.1. The topological polar surface area (TPSA) is 20.2 Å². The molecule has 0 aliphatic carbocycles. The third kappa shape index (κ3) is 15.0. The molecule has 0 rings (SSSR count). The Morgan fingerprint density at radius 1 is 0.895 bits per heavy atom. The summed E-state index contributed by atoms with van der Waals surface area (Å²) in [5, 5.41) is 9.29. The van der Waals surface area contributed by atoms with Gasteiger partial charge >= 0.3 is 0 Å². The average molecular weight is 262 g/mol. The number of hydrogen-bond donors (Lipinski definition) is 1. The first-order chi connectivity index (χ1) is 9.31. The largest absolute Gasteiger partial charge is 0.379 e. The van der Waals surface area contributed by atoms with Gasteiger partial charge in [-0.1, -0.05) is 70.6 Å². The van der Waals surface area contributed by atoms with Crippen molar-refractivity contribution in [2.24, 2.45) is 0 Å². The van der Waals surface area contributed by atoms with E-state index in [1.165, 1.54) is 57.8 Å². The average Bonchev–Trinajstić information content (AvgIpc) is 2.40. The molecule has 0 radical (unpaired) electrons. The lowest BCUT2D eigenvalue weighted by atomic mass is 10.1. The standard InChI is InChI=1S/C18H30O/c1-3-5-6-7-8-9-10-11-12-13-14-15-17-18(19)16-4-2/h2,18-19H,3,5-14,16H2,1H3. The van der Waals surface area contributed by atoms with Crippen molar-refractivity contribution >= 4 is 0 Å². The fourth-order valence-corrected chi connectivity index (χ4v) is 2.05. The van der Waals surface area contributed by atoms with E-state index in [1.807, 2.05) is 0 Å². The maximum atomic E-state index is 9.29. The molecule has 0 aliphatic rings. The molecule has 0 aliphatic heterocycles. The summed E-state index contributed by atoms with van der Waals surface area (Å²) in [6.07, 6.45) is 19.1. The molecule has 1 unspecified atom stereocenters. The van der Waals surface area contributed by atoms with Crippen molar-refractivity contribution in [3.63, 3.8) is 0 Å². The zero-order valence-electron chi connectivity index (χ0n) is 12.6. The summed E-state index contributed by atoms with van der Waals surface area (Å²) in [7, 11) is 0. The molecule has 0 aromatic carbocycles. The lowest BCUT2D eigenvalue weighted by Gasteiger charge is -2.01. The molecule has 0 amide bonds. The van der Waals surface area contributed by atoms with Gasteiger partial charge in [0.1, 0.15) is 6.10 Å². The Bertz CT molecular complexity index is 276. The minimum Gasteiger partial charge on any atom is -0.379 e. The Kier molecular flexibility index (Phi) is 14.4. The number of rotatable bonds is 11. The summed E-state index contributed by atoms with van der Waals surface area (Å²) in [4.78, 5) is 0. The fraction of sp³-hybridized carbons (Fsp3) is 0.778. The molecule has 19 heavy (non-hydrogen) atoms. The highest BCUT2D eigenvalue weighted by Crippen LogP contribution is 2.10. The zero-order valence-corrected chi connectivity index (χ0v) is 12.6. The van der Waals surface area contributed by atoms with Crippen molar-refractivity contribution < 1.29 is 5.11 Å². The van der Waals surface area contributed by atoms with E-state index < -0.39 is 6.10 Å². The van der Waals surface area contributed by atoms with Gasteiger partial charge in [0, 0.05) is 12.8 Å². The summed E-state index contributed by atoms with van der Waals surface area (Å²) in [6, 6.07) is 0. The molecular formula is C18H30O. The number of terminal acetylenes is 1. The van der Waals surface area contributed by atoms with Gasteiger partial charge in [0.25, 0.3) is 0 Å². The van der Waals surface area contributed by atoms with Crippen LogP contribution in [0.5, 0.6) is 0 Å². The highest BCUT2D eigenvalue weighted by molar-refractivity contribution is 5.07. The minimum atomic E-state index is -0.631. The van der Waals surface area contributed by atoms with Crippen LogP contribution in [0, 0.1) is 24.2 Å². The third-order valence-corrected chi connectivity index (χ3v) is 3.24. The maximum Gasteiger partial charge on any atom is 0.125 e. The van der Waals surface area contributed by atoms with Crippen LogP contribution in [0.15, 0.2) is 0 Å². The second-order valence-electron chi connectivity index (χ2n) is 5.18. The molecule has 0 bridgehead atoms. The van der Waals surface area contributed by atoms with Gasteiger partial charge in [0.05, 0.1) is 0 Å². The van der Waals surface area contributed by atoms with Crippen LogP contribution in [0.2, 0.25) is 0 Å². The normalized spacial score (nSPS) is 11.4. The number of hydrogen-bond acceptors (Lipinski definition) is 1. The monoisotopic (exact) mass is 262 g/mol. The van der Waals surface area contributed by atoms with Gasteiger partial charge in [0.2, 0.25) is 0 Å². The van der Waals surface area contributed by atoms with Gasteiger partial charge in [-0.2, -0.15) is 0 Å². The summed E-state index contributed by atoms with van der Waals surface area (Å²) >= 11 is 0. The number of unbranched alkanes of at least 4 members (excludes halogenated alkanes) is 10. The van der Waals surface area contributed by atoms with Crippen LogP contribution < -0.4 is 0 Å². The van der Waals surface area contributed by atoms with E-state index in [0.717, 1.165) is 12.8 Å². The minimum absolute atomic E-state index is 0.338. The van der Waals surface area contributed by atoms with Crippen LogP contribution in [0.1, 0.15) is 84.0 Å². The van der Waals surface area contributed by atoms with Crippen LogP contribution >= 0.6 is 0 Å². The van der Waals surface area contributed by atoms with Gasteiger partial charge in [0.15, 0.2) is 0 Å². The third-order valence-electron chi connectivity index (χ3n) is 3.24. The smallest absolute Gasteiger partial charge is 0.125 e. The molecule has 1 heteroatoms. The Hall–Kier alpha value is -0.920. The van der Waals surface area contributed by atoms with Crippen molar-refractivity contribution in [3.8, 4) is 24.2 Å². The SMILES string of the molecule is C#CCC(O)C#CCCCCCCCCCCCC. The van der Waals surface area contributed by atoms with Crippen molar-refractivity contribution in [1.29, 1.82) is 0 Å². The molecule has 1 N–H and O–H groups in total. The highest BCUT2D eigenvalue weighted by Gasteiger charge is 1.94. The summed E-state index contributed by atoms with van der Waals surface area (Å²) < 4.78 is 0. The van der Waals surface area contributed by atoms with Crippen LogP contribution in [-0.4, -0.2) is 11.2 Å². The molecular weight excluding hydrogens is 232 g/mol. The van der Waals surface area contributed by atoms with Gasteiger partial charge < -0.3 is 5.11 Å². The Balaban J connectivity index is 3.17. The molecule has 0 saturated carbocycles. The predicted octanol–water partition coefficient (Wildman–Crippen LogP) is 4.69. The van der Waals surface area contributed by atoms with Crippen LogP contribution in [0.25, 0.3) is 0 Å². The van der Waals surface area contributed by atoms with E-state index in [9.17, 15) is 5.11 Å². The molecule has 0 aromatic rings. The Morgan fingerprint density at radius 3 is 1.95 bits per heavy atom. The molecule has 1 nitrogen and oxygen atoms in total. The summed E-state index contributed by atoms with van der Waals surface area (Å²) in [6.45, 7) is 2.26. The molecule has 0 saturated heterocycles. The van der Waals surface area contributed by atoms with Crippen LogP contribution in [-0.2, 0) is 0 Å². The van der Waals surface area contributed by atoms with Gasteiger partial charge in [-0.05, 0) is 6.42 Å². The van der Waals surface area contributed by atoms with E-state index in [4.69, 9.17) is 6.42 Å². The van der Waals surface area contributed by atoms with E-state index >= 15 is 0 Å². The van der Waals surface area contributed by atoms with Gasteiger partial charge in [-0.15, -0.1) is 18.3 Å². The molecule has 0 fully saturated rings. The van der Waals surface area contributed by atoms with Crippen molar-refractivity contribution in [1.82, 2.24) is 0 Å². The van der Waals surface area contributed by atoms with Gasteiger partial charge in [-0.3, -0.25) is 0 Å². The first-order valence-corrected chi connectivity index (χ1v) is 7.91. The van der Waals surface area contributed by atoms with Crippen molar-refractivity contribution in [3.05, 3.63) is 0 Å². The van der Waals surface area contributed by atoms with Crippen molar-refractivity contribution in [2.45, 2.75) is 90.1 Å². The highest BCUT2D eigenvalue weighted by atomic mass is 16.3. The first-order valence-electron chi connectivity index (χ1n) is 7.91. The lowest BCUT2D eigenvalue weighted by Crippen LogP contribution is -1.99. The van der Waals surface area contributed by atoms with Crippen LogP contribution in [0.4, 0.5) is 0 Å². The molecule has 1 atom stereocenters. The van der Waals surface area contributed by atoms with E-state index in [0.29, 0.717) is 6.42 Å². The molecule has 0 heterocycles. The number of aliphatic hydroxyl groups is 1. The lowest BCUT2D eigenvalue weighted by molar-refractivity contribution is 0.239. The predicted molar refractivity (Wildman–Crippen MR) is 83.7 cm³/mol. The summed E-state index contributed by atoms with van der Waals surface area (Å²) in [5.74, 6) is 8.19. The van der Waals surface area contributed by atoms with Crippen LogP contribution in [0.3, 0.4) is 0 Å². The van der Waals surface area contributed by atoms with E-state index in [2.05, 4.69) is 24.7 Å². The maximum absolute atomic E-state index is 9.29. The second-order valence-corrected chi connectivity index (χ2v) is 5.18. The Morgan fingerprint density at radius 2 is 1.42 bits per heavy atom. The van der Waals surface area contributed by atoms with E-state index in [-0.39, 0.29) is 0 Å². The zero-order chi connectivity index (χ0) is 14.2. The molecule has 0 aromatic heterocycles. The Labute approximate surface area is 120 Å². The quantitative estimate of drug-likeness (QED) is 0.423.